The van der Waals surface area contributed by atoms with Crippen molar-refractivity contribution in [2.45, 2.75) is 32.2 Å². The summed E-state index contributed by atoms with van der Waals surface area (Å²) in [5.41, 5.74) is 0.547. The van der Waals surface area contributed by atoms with E-state index in [1.165, 1.54) is 0 Å². The molecule has 2 bridgehead atoms. The van der Waals surface area contributed by atoms with E-state index in [0.717, 1.165) is 22.6 Å². The number of hydrogen-bond donors (Lipinski definition) is 1. The number of nitrogens with one attached hydrogen (secondary N) is 1. The highest BCUT2D eigenvalue weighted by atomic mass is 16.5. The molecule has 218 valence electrons. The van der Waals surface area contributed by atoms with Crippen LogP contribution in [0.4, 0.5) is 10.5 Å². The van der Waals surface area contributed by atoms with Crippen LogP contribution in [0.3, 0.4) is 0 Å². The number of carbonyl (C=O) groups excluding carboxylic acids is 3. The Morgan fingerprint density at radius 2 is 1.64 bits per heavy atom. The number of barbiturate groups is 1. The quantitative estimate of drug-likeness (QED) is 0.414. The molecular formula is C32H34N4O6. The number of anilines is 1. The highest BCUT2D eigenvalue weighted by Gasteiger charge is 2.55. The zero-order valence-electron chi connectivity index (χ0n) is 23.7. The first-order chi connectivity index (χ1) is 20.3. The molecule has 0 saturated carbocycles. The van der Waals surface area contributed by atoms with Gasteiger partial charge in [-0.3, -0.25) is 19.7 Å². The van der Waals surface area contributed by atoms with Crippen LogP contribution in [0, 0.1) is 11.3 Å². The number of methoxy groups -OCH3 is 1. The third-order valence-corrected chi connectivity index (χ3v) is 8.59. The minimum absolute atomic E-state index is 0.00188. The molecule has 10 heteroatoms. The van der Waals surface area contributed by atoms with Crippen molar-refractivity contribution in [1.29, 1.82) is 0 Å². The average Bonchev–Trinajstić information content (AvgIpc) is 2.98. The normalized spacial score (nSPS) is 23.8. The van der Waals surface area contributed by atoms with Crippen LogP contribution in [0.1, 0.15) is 30.5 Å². The predicted molar refractivity (Wildman–Crippen MR) is 156 cm³/mol. The summed E-state index contributed by atoms with van der Waals surface area (Å²) in [5.74, 6) is 0.420. The van der Waals surface area contributed by atoms with Crippen molar-refractivity contribution >= 4 is 23.5 Å². The number of nitrogens with zero attached hydrogens (tertiary/aromatic N) is 3. The fourth-order valence-corrected chi connectivity index (χ4v) is 6.72. The van der Waals surface area contributed by atoms with Crippen LogP contribution in [0.2, 0.25) is 0 Å². The molecule has 3 atom stereocenters. The number of hydrogen-bond acceptors (Lipinski definition) is 7. The van der Waals surface area contributed by atoms with Gasteiger partial charge in [-0.1, -0.05) is 18.2 Å². The number of imide groups is 2. The average molecular weight is 571 g/mol. The van der Waals surface area contributed by atoms with E-state index in [9.17, 15) is 19.2 Å². The van der Waals surface area contributed by atoms with Crippen molar-refractivity contribution < 1.29 is 23.9 Å². The number of likely N-dealkylation sites (tertiary alicyclic amines) is 1. The lowest BCUT2D eigenvalue weighted by atomic mass is 9.75. The van der Waals surface area contributed by atoms with Crippen LogP contribution < -0.4 is 25.2 Å². The van der Waals surface area contributed by atoms with Crippen molar-refractivity contribution in [3.05, 3.63) is 88.3 Å². The van der Waals surface area contributed by atoms with Gasteiger partial charge in [-0.25, -0.2) is 9.69 Å². The van der Waals surface area contributed by atoms with Crippen LogP contribution in [0.5, 0.6) is 11.5 Å². The highest BCUT2D eigenvalue weighted by molar-refractivity contribution is 6.30. The number of rotatable bonds is 8. The largest absolute Gasteiger partial charge is 0.497 e. The van der Waals surface area contributed by atoms with E-state index in [4.69, 9.17) is 9.47 Å². The van der Waals surface area contributed by atoms with Gasteiger partial charge in [-0.15, -0.1) is 0 Å². The van der Waals surface area contributed by atoms with Crippen LogP contribution in [0.15, 0.2) is 71.5 Å². The number of benzene rings is 2. The molecule has 4 heterocycles. The molecule has 2 aromatic carbocycles. The van der Waals surface area contributed by atoms with E-state index < -0.39 is 23.3 Å². The number of ether oxygens (including phenoxy) is 2. The third-order valence-electron chi connectivity index (χ3n) is 8.59. The van der Waals surface area contributed by atoms with E-state index >= 15 is 0 Å². The first kappa shape index (κ1) is 27.7. The number of aromatic nitrogens is 1. The van der Waals surface area contributed by atoms with Gasteiger partial charge in [0.25, 0.3) is 11.5 Å². The molecule has 1 N–H and O–H groups in total. The molecular weight excluding hydrogens is 536 g/mol. The summed E-state index contributed by atoms with van der Waals surface area (Å²) < 4.78 is 12.7. The summed E-state index contributed by atoms with van der Waals surface area (Å²) >= 11 is 0. The summed E-state index contributed by atoms with van der Waals surface area (Å²) in [7, 11) is 1.58. The second-order valence-corrected chi connectivity index (χ2v) is 11.3. The number of carbonyl (C=O) groups is 3. The van der Waals surface area contributed by atoms with Crippen LogP contribution >= 0.6 is 0 Å². The van der Waals surface area contributed by atoms with E-state index in [1.807, 2.05) is 29.7 Å². The van der Waals surface area contributed by atoms with Gasteiger partial charge >= 0.3 is 6.03 Å². The summed E-state index contributed by atoms with van der Waals surface area (Å²) in [6.45, 7) is 4.33. The fourth-order valence-electron chi connectivity index (χ4n) is 6.72. The maximum Gasteiger partial charge on any atom is 0.335 e. The lowest BCUT2D eigenvalue weighted by molar-refractivity contribution is -0.144. The molecule has 42 heavy (non-hydrogen) atoms. The van der Waals surface area contributed by atoms with Gasteiger partial charge in [-0.2, -0.15) is 0 Å². The first-order valence-electron chi connectivity index (χ1n) is 14.3. The maximum absolute atomic E-state index is 14.5. The second kappa shape index (κ2) is 11.1. The van der Waals surface area contributed by atoms with Gasteiger partial charge in [0.05, 0.1) is 19.4 Å². The van der Waals surface area contributed by atoms with Crippen LogP contribution in [0.25, 0.3) is 0 Å². The first-order valence-corrected chi connectivity index (χ1v) is 14.3. The van der Waals surface area contributed by atoms with Gasteiger partial charge in [-0.05, 0) is 73.7 Å². The molecule has 3 aliphatic heterocycles. The molecule has 4 amide bonds. The number of amides is 4. The smallest absolute Gasteiger partial charge is 0.335 e. The lowest BCUT2D eigenvalue weighted by Crippen LogP contribution is -2.68. The predicted octanol–water partition coefficient (Wildman–Crippen LogP) is 3.19. The number of pyridine rings is 1. The summed E-state index contributed by atoms with van der Waals surface area (Å²) in [5, 5.41) is 2.49. The highest BCUT2D eigenvalue weighted by Crippen LogP contribution is 2.39. The Bertz CT molecular complexity index is 1570. The molecule has 0 aliphatic carbocycles. The SMILES string of the molecule is CCOc1ccc(N2C(=O)NC(=O)[C@@](Cc3ccc(OC)cc3)(CN3C[C@H]4C[C@@H](C3)c3cccc(=O)n3C4)C2=O)cc1. The standard InChI is InChI=1S/C32H34N4O6/c1-3-42-26-13-9-24(10-14-26)36-30(39)32(29(38)33-31(36)40,16-21-7-11-25(41-2)12-8-21)20-34-17-22-15-23(19-34)27-5-4-6-28(37)35(27)18-22/h4-14,22-23H,3,15-20H2,1-2H3,(H,33,38,40)/t22-,23+,32-/m1/s1. The molecule has 10 nitrogen and oxygen atoms in total. The Labute approximate surface area is 243 Å². The molecule has 1 aromatic heterocycles. The van der Waals surface area contributed by atoms with Gasteiger partial charge in [0.1, 0.15) is 16.9 Å². The van der Waals surface area contributed by atoms with Crippen molar-refractivity contribution in [2.75, 3.05) is 38.3 Å². The van der Waals surface area contributed by atoms with Gasteiger partial charge in [0.15, 0.2) is 0 Å². The van der Waals surface area contributed by atoms with Crippen molar-refractivity contribution in [2.24, 2.45) is 11.3 Å². The Morgan fingerprint density at radius 3 is 2.36 bits per heavy atom. The molecule has 0 spiro atoms. The molecule has 3 aromatic rings. The molecule has 6 rings (SSSR count). The maximum atomic E-state index is 14.5. The summed E-state index contributed by atoms with van der Waals surface area (Å²) in [6, 6.07) is 18.6. The van der Waals surface area contributed by atoms with Crippen molar-refractivity contribution in [3.63, 3.8) is 0 Å². The minimum atomic E-state index is -1.57. The van der Waals surface area contributed by atoms with Crippen molar-refractivity contribution in [3.8, 4) is 11.5 Å². The van der Waals surface area contributed by atoms with Crippen molar-refractivity contribution in [1.82, 2.24) is 14.8 Å². The number of piperidine rings is 1. The Morgan fingerprint density at radius 1 is 0.905 bits per heavy atom. The Kier molecular flexibility index (Phi) is 7.32. The molecule has 3 aliphatic rings. The fraction of sp³-hybridized carbons (Fsp3) is 0.375. The van der Waals surface area contributed by atoms with Gasteiger partial charge in [0.2, 0.25) is 5.91 Å². The van der Waals surface area contributed by atoms with E-state index in [2.05, 4.69) is 10.2 Å². The summed E-state index contributed by atoms with van der Waals surface area (Å²) in [4.78, 5) is 57.2. The number of urea groups is 1. The Hall–Kier alpha value is -4.44. The zero-order chi connectivity index (χ0) is 29.4. The lowest BCUT2D eigenvalue weighted by Gasteiger charge is -2.47. The third kappa shape index (κ3) is 4.96. The van der Waals surface area contributed by atoms with Gasteiger partial charge in [0, 0.05) is 43.9 Å². The minimum Gasteiger partial charge on any atom is -0.497 e. The van der Waals surface area contributed by atoms with E-state index in [0.29, 0.717) is 43.4 Å². The molecule has 0 radical (unpaired) electrons. The molecule has 0 unspecified atom stereocenters. The monoisotopic (exact) mass is 570 g/mol. The second-order valence-electron chi connectivity index (χ2n) is 11.3. The van der Waals surface area contributed by atoms with Crippen LogP contribution in [-0.2, 0) is 22.6 Å². The molecule has 2 saturated heterocycles. The number of fused-ring (bicyclic) bond motifs is 4. The molecule has 2 fully saturated rings. The zero-order valence-corrected chi connectivity index (χ0v) is 23.7. The van der Waals surface area contributed by atoms with E-state index in [1.54, 1.807) is 55.6 Å². The summed E-state index contributed by atoms with van der Waals surface area (Å²) in [6.07, 6.45) is 1.05. The Balaban J connectivity index is 1.36. The van der Waals surface area contributed by atoms with Crippen LogP contribution in [-0.4, -0.2) is 60.7 Å². The topological polar surface area (TPSA) is 110 Å². The van der Waals surface area contributed by atoms with E-state index in [-0.39, 0.29) is 30.4 Å². The van der Waals surface area contributed by atoms with Gasteiger partial charge < -0.3 is 18.9 Å².